The van der Waals surface area contributed by atoms with Gasteiger partial charge in [-0.1, -0.05) is 12.1 Å². The topological polar surface area (TPSA) is 70.1 Å². The van der Waals surface area contributed by atoms with Crippen LogP contribution in [-0.4, -0.2) is 36.4 Å². The zero-order chi connectivity index (χ0) is 12.3. The standard InChI is InChI=1S/C13H15N3O/c14-7-10-1-3-11(4-2-10)13(17)9-16-6-5-12(15)8-16/h1-4,12H,5-6,8-9,15H2/t12-/m0/s1. The normalized spacial score (nSPS) is 20.1. The van der Waals surface area contributed by atoms with Gasteiger partial charge in [-0.05, 0) is 18.6 Å². The quantitative estimate of drug-likeness (QED) is 0.777. The fraction of sp³-hybridized carbons (Fsp3) is 0.385. The van der Waals surface area contributed by atoms with Gasteiger partial charge in [0.25, 0.3) is 0 Å². The molecule has 0 saturated carbocycles. The van der Waals surface area contributed by atoms with Crippen LogP contribution in [-0.2, 0) is 0 Å². The van der Waals surface area contributed by atoms with Gasteiger partial charge in [-0.2, -0.15) is 5.26 Å². The summed E-state index contributed by atoms with van der Waals surface area (Å²) in [4.78, 5) is 14.0. The summed E-state index contributed by atoms with van der Waals surface area (Å²) < 4.78 is 0. The predicted octanol–water partition coefficient (Wildman–Crippen LogP) is 0.774. The highest BCUT2D eigenvalue weighted by molar-refractivity contribution is 5.97. The number of likely N-dealkylation sites (tertiary alicyclic amines) is 1. The van der Waals surface area contributed by atoms with Crippen molar-refractivity contribution in [3.8, 4) is 6.07 Å². The first-order valence-corrected chi connectivity index (χ1v) is 5.70. The van der Waals surface area contributed by atoms with Crippen molar-refractivity contribution in [3.63, 3.8) is 0 Å². The fourth-order valence-electron chi connectivity index (χ4n) is 2.03. The zero-order valence-electron chi connectivity index (χ0n) is 9.60. The Morgan fingerprint density at radius 2 is 2.18 bits per heavy atom. The number of nitrogens with zero attached hydrogens (tertiary/aromatic N) is 2. The molecule has 88 valence electrons. The highest BCUT2D eigenvalue weighted by Gasteiger charge is 2.21. The molecule has 1 saturated heterocycles. The number of benzene rings is 1. The Morgan fingerprint density at radius 1 is 1.47 bits per heavy atom. The van der Waals surface area contributed by atoms with E-state index in [1.54, 1.807) is 24.3 Å². The second-order valence-electron chi connectivity index (χ2n) is 4.40. The van der Waals surface area contributed by atoms with E-state index >= 15 is 0 Å². The van der Waals surface area contributed by atoms with Gasteiger partial charge in [0.05, 0.1) is 18.2 Å². The molecule has 4 heteroatoms. The summed E-state index contributed by atoms with van der Waals surface area (Å²) >= 11 is 0. The SMILES string of the molecule is N#Cc1ccc(C(=O)CN2CC[C@H](N)C2)cc1. The van der Waals surface area contributed by atoms with Crippen molar-refractivity contribution < 1.29 is 4.79 Å². The average Bonchev–Trinajstić information content (AvgIpc) is 2.75. The summed E-state index contributed by atoms with van der Waals surface area (Å²) in [5.74, 6) is 0.0867. The van der Waals surface area contributed by atoms with E-state index in [0.29, 0.717) is 17.7 Å². The first-order valence-electron chi connectivity index (χ1n) is 5.70. The van der Waals surface area contributed by atoms with Crippen LogP contribution in [0, 0.1) is 11.3 Å². The van der Waals surface area contributed by atoms with Gasteiger partial charge in [0.1, 0.15) is 0 Å². The lowest BCUT2D eigenvalue weighted by Crippen LogP contribution is -2.31. The van der Waals surface area contributed by atoms with Crippen molar-refractivity contribution in [1.29, 1.82) is 5.26 Å². The van der Waals surface area contributed by atoms with E-state index in [-0.39, 0.29) is 11.8 Å². The van der Waals surface area contributed by atoms with E-state index < -0.39 is 0 Å². The first-order chi connectivity index (χ1) is 8.19. The molecule has 1 aliphatic heterocycles. The second-order valence-corrected chi connectivity index (χ2v) is 4.40. The monoisotopic (exact) mass is 229 g/mol. The Hall–Kier alpha value is -1.70. The fourth-order valence-corrected chi connectivity index (χ4v) is 2.03. The Bertz CT molecular complexity index is 447. The minimum atomic E-state index is 0.0867. The van der Waals surface area contributed by atoms with Crippen LogP contribution in [0.4, 0.5) is 0 Å². The van der Waals surface area contributed by atoms with Crippen molar-refractivity contribution in [2.45, 2.75) is 12.5 Å². The predicted molar refractivity (Wildman–Crippen MR) is 64.5 cm³/mol. The summed E-state index contributed by atoms with van der Waals surface area (Å²) in [5, 5.41) is 8.67. The lowest BCUT2D eigenvalue weighted by Gasteiger charge is -2.13. The van der Waals surface area contributed by atoms with E-state index in [0.717, 1.165) is 19.5 Å². The molecule has 1 atom stereocenters. The molecular weight excluding hydrogens is 214 g/mol. The number of Topliss-reactive ketones (excluding diaryl/α,β-unsaturated/α-hetero) is 1. The van der Waals surface area contributed by atoms with Crippen LogP contribution < -0.4 is 5.73 Å². The highest BCUT2D eigenvalue weighted by atomic mass is 16.1. The van der Waals surface area contributed by atoms with Crippen LogP contribution >= 0.6 is 0 Å². The summed E-state index contributed by atoms with van der Waals surface area (Å²) in [6.07, 6.45) is 0.959. The maximum Gasteiger partial charge on any atom is 0.176 e. The van der Waals surface area contributed by atoms with E-state index in [4.69, 9.17) is 11.0 Å². The summed E-state index contributed by atoms with van der Waals surface area (Å²) in [6.45, 7) is 2.10. The maximum absolute atomic E-state index is 11.9. The largest absolute Gasteiger partial charge is 0.326 e. The average molecular weight is 229 g/mol. The molecular formula is C13H15N3O. The van der Waals surface area contributed by atoms with E-state index in [1.807, 2.05) is 6.07 Å². The highest BCUT2D eigenvalue weighted by Crippen LogP contribution is 2.10. The Kier molecular flexibility index (Phi) is 3.52. The Morgan fingerprint density at radius 3 is 2.71 bits per heavy atom. The Labute approximate surface area is 101 Å². The lowest BCUT2D eigenvalue weighted by molar-refractivity contribution is 0.0945. The molecule has 0 bridgehead atoms. The van der Waals surface area contributed by atoms with E-state index in [9.17, 15) is 4.79 Å². The van der Waals surface area contributed by atoms with Crippen LogP contribution in [0.15, 0.2) is 24.3 Å². The van der Waals surface area contributed by atoms with Gasteiger partial charge in [-0.15, -0.1) is 0 Å². The molecule has 1 aliphatic rings. The third-order valence-electron chi connectivity index (χ3n) is 3.01. The van der Waals surface area contributed by atoms with Gasteiger partial charge in [0, 0.05) is 24.7 Å². The minimum Gasteiger partial charge on any atom is -0.326 e. The van der Waals surface area contributed by atoms with Crippen LogP contribution in [0.25, 0.3) is 0 Å². The van der Waals surface area contributed by atoms with Gasteiger partial charge >= 0.3 is 0 Å². The first kappa shape index (κ1) is 11.8. The number of nitrogens with two attached hydrogens (primary N) is 1. The van der Waals surface area contributed by atoms with Gasteiger partial charge < -0.3 is 5.73 Å². The van der Waals surface area contributed by atoms with Crippen molar-refractivity contribution in [3.05, 3.63) is 35.4 Å². The third-order valence-corrected chi connectivity index (χ3v) is 3.01. The van der Waals surface area contributed by atoms with E-state index in [2.05, 4.69) is 4.90 Å². The van der Waals surface area contributed by atoms with Crippen LogP contribution in [0.2, 0.25) is 0 Å². The number of rotatable bonds is 3. The van der Waals surface area contributed by atoms with Gasteiger partial charge in [0.2, 0.25) is 0 Å². The molecule has 0 aromatic heterocycles. The third kappa shape index (κ3) is 2.90. The molecule has 2 rings (SSSR count). The van der Waals surface area contributed by atoms with Crippen molar-refractivity contribution in [2.75, 3.05) is 19.6 Å². The molecule has 0 aliphatic carbocycles. The number of hydrogen-bond donors (Lipinski definition) is 1. The number of carbonyl (C=O) groups is 1. The molecule has 2 N–H and O–H groups in total. The number of nitriles is 1. The van der Waals surface area contributed by atoms with Gasteiger partial charge in [-0.25, -0.2) is 0 Å². The lowest BCUT2D eigenvalue weighted by atomic mass is 10.1. The molecule has 0 radical (unpaired) electrons. The molecule has 0 spiro atoms. The number of ketones is 1. The second kappa shape index (κ2) is 5.09. The van der Waals surface area contributed by atoms with Crippen LogP contribution in [0.3, 0.4) is 0 Å². The van der Waals surface area contributed by atoms with Crippen LogP contribution in [0.5, 0.6) is 0 Å². The molecule has 1 fully saturated rings. The van der Waals surface area contributed by atoms with Crippen molar-refractivity contribution in [1.82, 2.24) is 4.90 Å². The van der Waals surface area contributed by atoms with Crippen molar-refractivity contribution >= 4 is 5.78 Å². The molecule has 17 heavy (non-hydrogen) atoms. The Balaban J connectivity index is 1.97. The number of hydrogen-bond acceptors (Lipinski definition) is 4. The molecule has 0 amide bonds. The maximum atomic E-state index is 11.9. The van der Waals surface area contributed by atoms with Gasteiger partial charge in [0.15, 0.2) is 5.78 Å². The summed E-state index contributed by atoms with van der Waals surface area (Å²) in [7, 11) is 0. The molecule has 0 unspecified atom stereocenters. The zero-order valence-corrected chi connectivity index (χ0v) is 9.60. The van der Waals surface area contributed by atoms with Crippen LogP contribution in [0.1, 0.15) is 22.3 Å². The molecule has 1 aromatic carbocycles. The number of carbonyl (C=O) groups excluding carboxylic acids is 1. The smallest absolute Gasteiger partial charge is 0.176 e. The minimum absolute atomic E-state index is 0.0867. The summed E-state index contributed by atoms with van der Waals surface area (Å²) in [5.41, 5.74) is 7.02. The summed E-state index contributed by atoms with van der Waals surface area (Å²) in [6, 6.07) is 8.98. The molecule has 4 nitrogen and oxygen atoms in total. The molecule has 1 aromatic rings. The van der Waals surface area contributed by atoms with Crippen molar-refractivity contribution in [2.24, 2.45) is 5.73 Å². The van der Waals surface area contributed by atoms with Gasteiger partial charge in [-0.3, -0.25) is 9.69 Å². The molecule has 1 heterocycles. The van der Waals surface area contributed by atoms with E-state index in [1.165, 1.54) is 0 Å².